The van der Waals surface area contributed by atoms with Gasteiger partial charge in [0.15, 0.2) is 0 Å². The molecule has 1 fully saturated rings. The number of nitrogens with one attached hydrogen (secondary N) is 1. The molecule has 3 nitrogen and oxygen atoms in total. The lowest BCUT2D eigenvalue weighted by Gasteiger charge is -2.06. The topological polar surface area (TPSA) is 29.9 Å². The molecule has 4 heteroatoms. The Morgan fingerprint density at radius 3 is 2.89 bits per heavy atom. The van der Waals surface area contributed by atoms with E-state index < -0.39 is 0 Å². The third-order valence-electron chi connectivity index (χ3n) is 3.27. The number of nitrogens with zero attached hydrogens (tertiary/aromatic N) is 2. The molecule has 0 saturated heterocycles. The molecule has 94 valence electrons. The van der Waals surface area contributed by atoms with Crippen LogP contribution in [0.2, 0.25) is 5.02 Å². The molecule has 1 saturated carbocycles. The quantitative estimate of drug-likeness (QED) is 0.917. The predicted molar refractivity (Wildman–Crippen MR) is 73.3 cm³/mol. The molecular weight excluding hydrogens is 246 g/mol. The van der Waals surface area contributed by atoms with E-state index >= 15 is 0 Å². The number of rotatable bonds is 4. The fourth-order valence-electron chi connectivity index (χ4n) is 2.09. The van der Waals surface area contributed by atoms with E-state index in [1.807, 2.05) is 30.1 Å². The van der Waals surface area contributed by atoms with Crippen LogP contribution in [0, 0.1) is 0 Å². The Hall–Kier alpha value is -1.32. The van der Waals surface area contributed by atoms with Gasteiger partial charge >= 0.3 is 0 Å². The first-order valence-electron chi connectivity index (χ1n) is 6.27. The van der Waals surface area contributed by atoms with Gasteiger partial charge < -0.3 is 5.32 Å². The average molecular weight is 262 g/mol. The summed E-state index contributed by atoms with van der Waals surface area (Å²) in [6.45, 7) is 0.783. The Labute approximate surface area is 112 Å². The van der Waals surface area contributed by atoms with Gasteiger partial charge in [-0.2, -0.15) is 5.10 Å². The van der Waals surface area contributed by atoms with Gasteiger partial charge in [0.2, 0.25) is 0 Å². The summed E-state index contributed by atoms with van der Waals surface area (Å²) >= 11 is 6.26. The van der Waals surface area contributed by atoms with Crippen molar-refractivity contribution in [2.24, 2.45) is 0 Å². The molecule has 0 aliphatic heterocycles. The van der Waals surface area contributed by atoms with Crippen molar-refractivity contribution in [2.75, 3.05) is 7.05 Å². The SMILES string of the molecule is CNCc1ccc(-n2ccc(C3CC3)n2)cc1Cl. The van der Waals surface area contributed by atoms with Crippen LogP contribution in [0.1, 0.15) is 30.0 Å². The standard InChI is InChI=1S/C14H16ClN3/c1-16-9-11-4-5-12(8-13(11)15)18-7-6-14(17-18)10-2-3-10/h4-8,10,16H,2-3,9H2,1H3. The fourth-order valence-corrected chi connectivity index (χ4v) is 2.33. The lowest BCUT2D eigenvalue weighted by molar-refractivity contribution is 0.812. The van der Waals surface area contributed by atoms with Gasteiger partial charge in [0.05, 0.1) is 11.4 Å². The van der Waals surface area contributed by atoms with Gasteiger partial charge in [-0.25, -0.2) is 4.68 Å². The summed E-state index contributed by atoms with van der Waals surface area (Å²) in [5.41, 5.74) is 3.33. The summed E-state index contributed by atoms with van der Waals surface area (Å²) in [7, 11) is 1.92. The second-order valence-corrected chi connectivity index (χ2v) is 5.17. The molecule has 1 N–H and O–H groups in total. The van der Waals surface area contributed by atoms with Crippen LogP contribution in [-0.4, -0.2) is 16.8 Å². The molecule has 1 aliphatic rings. The Morgan fingerprint density at radius 1 is 1.39 bits per heavy atom. The molecule has 1 aromatic carbocycles. The molecule has 1 aromatic heterocycles. The first kappa shape index (κ1) is 11.8. The van der Waals surface area contributed by atoms with E-state index in [0.717, 1.165) is 22.8 Å². The summed E-state index contributed by atoms with van der Waals surface area (Å²) in [5, 5.41) is 8.49. The first-order valence-corrected chi connectivity index (χ1v) is 6.64. The normalized spacial score (nSPS) is 15.0. The molecule has 0 spiro atoms. The van der Waals surface area contributed by atoms with Gasteiger partial charge in [-0.1, -0.05) is 17.7 Å². The van der Waals surface area contributed by atoms with Crippen molar-refractivity contribution in [3.05, 3.63) is 46.7 Å². The van der Waals surface area contributed by atoms with Crippen molar-refractivity contribution in [2.45, 2.75) is 25.3 Å². The molecular formula is C14H16ClN3. The maximum absolute atomic E-state index is 6.26. The maximum Gasteiger partial charge on any atom is 0.0660 e. The van der Waals surface area contributed by atoms with Gasteiger partial charge in [-0.15, -0.1) is 0 Å². The number of benzene rings is 1. The highest BCUT2D eigenvalue weighted by Crippen LogP contribution is 2.39. The molecule has 0 radical (unpaired) electrons. The number of halogens is 1. The fraction of sp³-hybridized carbons (Fsp3) is 0.357. The van der Waals surface area contributed by atoms with Crippen molar-refractivity contribution in [1.82, 2.24) is 15.1 Å². The highest BCUT2D eigenvalue weighted by molar-refractivity contribution is 6.31. The van der Waals surface area contributed by atoms with Crippen LogP contribution in [0.5, 0.6) is 0 Å². The Balaban J connectivity index is 1.88. The minimum Gasteiger partial charge on any atom is -0.316 e. The van der Waals surface area contributed by atoms with Crippen LogP contribution >= 0.6 is 11.6 Å². The van der Waals surface area contributed by atoms with Crippen molar-refractivity contribution < 1.29 is 0 Å². The third-order valence-corrected chi connectivity index (χ3v) is 3.63. The zero-order valence-electron chi connectivity index (χ0n) is 10.4. The Bertz CT molecular complexity index is 558. The summed E-state index contributed by atoms with van der Waals surface area (Å²) in [6.07, 6.45) is 4.56. The molecule has 1 aliphatic carbocycles. The van der Waals surface area contributed by atoms with E-state index in [9.17, 15) is 0 Å². The van der Waals surface area contributed by atoms with Gasteiger partial charge in [0, 0.05) is 23.7 Å². The Morgan fingerprint density at radius 2 is 2.22 bits per heavy atom. The van der Waals surface area contributed by atoms with Crippen LogP contribution in [0.4, 0.5) is 0 Å². The Kier molecular flexibility index (Phi) is 3.10. The van der Waals surface area contributed by atoms with E-state index in [4.69, 9.17) is 11.6 Å². The van der Waals surface area contributed by atoms with Crippen LogP contribution in [0.15, 0.2) is 30.5 Å². The molecule has 3 rings (SSSR count). The van der Waals surface area contributed by atoms with E-state index in [-0.39, 0.29) is 0 Å². The van der Waals surface area contributed by atoms with Crippen molar-refractivity contribution in [1.29, 1.82) is 0 Å². The van der Waals surface area contributed by atoms with Gasteiger partial charge in [0.25, 0.3) is 0 Å². The van der Waals surface area contributed by atoms with E-state index in [1.54, 1.807) is 0 Å². The summed E-state index contributed by atoms with van der Waals surface area (Å²) in [6, 6.07) is 8.18. The number of hydrogen-bond donors (Lipinski definition) is 1. The molecule has 0 bridgehead atoms. The highest BCUT2D eigenvalue weighted by Gasteiger charge is 2.25. The molecule has 0 atom stereocenters. The van der Waals surface area contributed by atoms with Gasteiger partial charge in [0.1, 0.15) is 0 Å². The van der Waals surface area contributed by atoms with Crippen LogP contribution in [-0.2, 0) is 6.54 Å². The lowest BCUT2D eigenvalue weighted by atomic mass is 10.2. The minimum absolute atomic E-state index is 0.685. The zero-order chi connectivity index (χ0) is 12.5. The molecule has 2 aromatic rings. The summed E-state index contributed by atoms with van der Waals surface area (Å²) in [4.78, 5) is 0. The van der Waals surface area contributed by atoms with Crippen molar-refractivity contribution in [3.63, 3.8) is 0 Å². The number of hydrogen-bond acceptors (Lipinski definition) is 2. The van der Waals surface area contributed by atoms with E-state index in [1.165, 1.54) is 18.5 Å². The van der Waals surface area contributed by atoms with Gasteiger partial charge in [-0.05, 0) is 43.7 Å². The minimum atomic E-state index is 0.685. The number of aromatic nitrogens is 2. The summed E-state index contributed by atoms with van der Waals surface area (Å²) in [5.74, 6) is 0.685. The van der Waals surface area contributed by atoms with Crippen LogP contribution in [0.3, 0.4) is 0 Å². The monoisotopic (exact) mass is 261 g/mol. The van der Waals surface area contributed by atoms with Crippen molar-refractivity contribution in [3.8, 4) is 5.69 Å². The zero-order valence-corrected chi connectivity index (χ0v) is 11.1. The first-order chi connectivity index (χ1) is 8.78. The van der Waals surface area contributed by atoms with Crippen LogP contribution in [0.25, 0.3) is 5.69 Å². The van der Waals surface area contributed by atoms with Crippen LogP contribution < -0.4 is 5.32 Å². The van der Waals surface area contributed by atoms with E-state index in [2.05, 4.69) is 22.5 Å². The summed E-state index contributed by atoms with van der Waals surface area (Å²) < 4.78 is 1.91. The second kappa shape index (κ2) is 4.75. The van der Waals surface area contributed by atoms with Crippen molar-refractivity contribution >= 4 is 11.6 Å². The molecule has 1 heterocycles. The molecule has 18 heavy (non-hydrogen) atoms. The third kappa shape index (κ3) is 2.28. The average Bonchev–Trinajstić information content (AvgIpc) is 3.10. The van der Waals surface area contributed by atoms with E-state index in [0.29, 0.717) is 5.92 Å². The maximum atomic E-state index is 6.26. The molecule has 0 amide bonds. The smallest absolute Gasteiger partial charge is 0.0660 e. The van der Waals surface area contributed by atoms with Gasteiger partial charge in [-0.3, -0.25) is 0 Å². The largest absolute Gasteiger partial charge is 0.316 e. The molecule has 0 unspecified atom stereocenters. The lowest BCUT2D eigenvalue weighted by Crippen LogP contribution is -2.06. The highest BCUT2D eigenvalue weighted by atomic mass is 35.5. The predicted octanol–water partition coefficient (Wildman–Crippen LogP) is 3.12. The second-order valence-electron chi connectivity index (χ2n) is 4.77.